The van der Waals surface area contributed by atoms with Gasteiger partial charge in [-0.2, -0.15) is 12.6 Å². The Bertz CT molecular complexity index is 1350. The molecule has 0 aliphatic heterocycles. The highest BCUT2D eigenvalue weighted by Crippen LogP contribution is 2.07. The number of aliphatic carboxylic acids is 2. The third-order valence-corrected chi connectivity index (χ3v) is 7.64. The van der Waals surface area contributed by atoms with Gasteiger partial charge in [-0.15, -0.1) is 0 Å². The zero-order valence-electron chi connectivity index (χ0n) is 29.2. The Kier molecular flexibility index (Phi) is 21.9. The van der Waals surface area contributed by atoms with Crippen molar-refractivity contribution in [3.8, 4) is 0 Å². The number of aliphatic hydroxyl groups excluding tert-OH is 1. The SMILES string of the molecule is CC(NC(=O)C(N)CC(N)=O)C(=O)NC(CC(=O)O)C(=O)NC(CS)C(=O)NC(CCC(N)=O)C(=O)NC(CCCCN)C(=O)NC(C(=O)O)C(C)O. The molecule has 17 N–H and O–H groups in total. The number of thiol groups is 1. The van der Waals surface area contributed by atoms with Gasteiger partial charge in [-0.1, -0.05) is 0 Å². The van der Waals surface area contributed by atoms with Gasteiger partial charge in [-0.05, 0) is 46.1 Å². The van der Waals surface area contributed by atoms with Crippen LogP contribution >= 0.6 is 12.6 Å². The lowest BCUT2D eigenvalue weighted by atomic mass is 10.0. The van der Waals surface area contributed by atoms with Gasteiger partial charge in [0.2, 0.25) is 47.3 Å². The number of carboxylic acid groups (broad SMARTS) is 2. The molecule has 8 atom stereocenters. The van der Waals surface area contributed by atoms with Crippen LogP contribution in [0, 0.1) is 0 Å². The normalized spacial score (nSPS) is 15.4. The number of carbonyl (C=O) groups is 10. The first-order valence-corrected chi connectivity index (χ1v) is 16.9. The van der Waals surface area contributed by atoms with E-state index in [1.807, 2.05) is 0 Å². The predicted molar refractivity (Wildman–Crippen MR) is 186 cm³/mol. The van der Waals surface area contributed by atoms with Crippen molar-refractivity contribution in [3.63, 3.8) is 0 Å². The molecule has 0 radical (unpaired) electrons. The number of nitrogens with one attached hydrogen (secondary N) is 6. The summed E-state index contributed by atoms with van der Waals surface area (Å²) in [4.78, 5) is 123. The van der Waals surface area contributed by atoms with E-state index in [1.165, 1.54) is 6.92 Å². The number of carboxylic acids is 2. The molecule has 0 aromatic heterocycles. The summed E-state index contributed by atoms with van der Waals surface area (Å²) in [5.74, 6) is -11.6. The second kappa shape index (κ2) is 24.2. The topological polar surface area (TPSA) is 408 Å². The van der Waals surface area contributed by atoms with Crippen LogP contribution in [0.25, 0.3) is 0 Å². The molecule has 0 aromatic carbocycles. The molecule has 8 amide bonds. The average molecular weight is 779 g/mol. The van der Waals surface area contributed by atoms with Gasteiger partial charge in [0.1, 0.15) is 30.2 Å². The molecule has 0 aliphatic rings. The monoisotopic (exact) mass is 778 g/mol. The summed E-state index contributed by atoms with van der Waals surface area (Å²) in [6.07, 6.45) is -3.25. The second-order valence-electron chi connectivity index (χ2n) is 11.9. The molecule has 8 unspecified atom stereocenters. The quantitative estimate of drug-likeness (QED) is 0.0287. The number of primary amides is 2. The fraction of sp³-hybridized carbons (Fsp3) is 0.655. The third-order valence-electron chi connectivity index (χ3n) is 7.28. The molecule has 0 heterocycles. The Morgan fingerprint density at radius 1 is 0.623 bits per heavy atom. The van der Waals surface area contributed by atoms with E-state index in [4.69, 9.17) is 22.9 Å². The molecule has 0 aliphatic carbocycles. The maximum absolute atomic E-state index is 13.4. The first-order chi connectivity index (χ1) is 24.6. The largest absolute Gasteiger partial charge is 0.481 e. The molecular weight excluding hydrogens is 728 g/mol. The van der Waals surface area contributed by atoms with Crippen LogP contribution in [0.5, 0.6) is 0 Å². The number of unbranched alkanes of at least 4 members (excludes halogenated alkanes) is 1. The van der Waals surface area contributed by atoms with Gasteiger partial charge in [-0.3, -0.25) is 43.2 Å². The van der Waals surface area contributed by atoms with Crippen molar-refractivity contribution in [1.82, 2.24) is 31.9 Å². The minimum absolute atomic E-state index is 0.0497. The molecular formula is C29H50N10O13S. The molecule has 0 saturated heterocycles. The third kappa shape index (κ3) is 18.8. The Labute approximate surface area is 309 Å². The van der Waals surface area contributed by atoms with Crippen LogP contribution in [-0.4, -0.2) is 135 Å². The minimum Gasteiger partial charge on any atom is -0.481 e. The number of nitrogens with two attached hydrogens (primary N) is 4. The number of carbonyl (C=O) groups excluding carboxylic acids is 8. The summed E-state index contributed by atoms with van der Waals surface area (Å²) in [6.45, 7) is 2.52. The smallest absolute Gasteiger partial charge is 0.328 e. The average Bonchev–Trinajstić information content (AvgIpc) is 3.05. The molecule has 0 bridgehead atoms. The highest BCUT2D eigenvalue weighted by Gasteiger charge is 2.34. The summed E-state index contributed by atoms with van der Waals surface area (Å²) < 4.78 is 0. The molecule has 0 aromatic rings. The van der Waals surface area contributed by atoms with Crippen molar-refractivity contribution in [2.24, 2.45) is 22.9 Å². The maximum Gasteiger partial charge on any atom is 0.328 e. The Hall–Kier alpha value is -5.07. The van der Waals surface area contributed by atoms with Crippen molar-refractivity contribution in [1.29, 1.82) is 0 Å². The highest BCUT2D eigenvalue weighted by atomic mass is 32.1. The first kappa shape index (κ1) is 47.9. The van der Waals surface area contributed by atoms with Gasteiger partial charge in [0.05, 0.1) is 25.0 Å². The van der Waals surface area contributed by atoms with Crippen molar-refractivity contribution < 1.29 is 63.3 Å². The molecule has 24 heteroatoms. The summed E-state index contributed by atoms with van der Waals surface area (Å²) >= 11 is 4.03. The lowest BCUT2D eigenvalue weighted by molar-refractivity contribution is -0.145. The first-order valence-electron chi connectivity index (χ1n) is 16.2. The van der Waals surface area contributed by atoms with Crippen LogP contribution in [0.3, 0.4) is 0 Å². The number of hydrogen-bond acceptors (Lipinski definition) is 14. The van der Waals surface area contributed by atoms with E-state index in [0.717, 1.165) is 6.92 Å². The van der Waals surface area contributed by atoms with Crippen LogP contribution in [0.15, 0.2) is 0 Å². The van der Waals surface area contributed by atoms with Gasteiger partial charge in [-0.25, -0.2) is 4.79 Å². The van der Waals surface area contributed by atoms with E-state index < -0.39 is 139 Å². The lowest BCUT2D eigenvalue weighted by Gasteiger charge is -2.27. The molecule has 300 valence electrons. The zero-order chi connectivity index (χ0) is 41.0. The van der Waals surface area contributed by atoms with Gasteiger partial charge in [0, 0.05) is 12.2 Å². The number of rotatable bonds is 26. The van der Waals surface area contributed by atoms with Crippen molar-refractivity contribution in [2.45, 2.75) is 107 Å². The molecule has 0 fully saturated rings. The van der Waals surface area contributed by atoms with E-state index in [9.17, 15) is 63.3 Å². The van der Waals surface area contributed by atoms with Crippen molar-refractivity contribution in [3.05, 3.63) is 0 Å². The minimum atomic E-state index is -1.81. The molecule has 23 nitrogen and oxygen atoms in total. The van der Waals surface area contributed by atoms with Crippen molar-refractivity contribution >= 4 is 71.8 Å². The maximum atomic E-state index is 13.4. The van der Waals surface area contributed by atoms with Gasteiger partial charge >= 0.3 is 11.9 Å². The van der Waals surface area contributed by atoms with Gasteiger partial charge < -0.3 is 70.2 Å². The fourth-order valence-corrected chi connectivity index (χ4v) is 4.60. The van der Waals surface area contributed by atoms with E-state index in [0.29, 0.717) is 6.42 Å². The van der Waals surface area contributed by atoms with E-state index in [2.05, 4.69) is 44.5 Å². The number of aliphatic hydroxyl groups is 1. The van der Waals surface area contributed by atoms with Crippen LogP contribution in [-0.2, 0) is 47.9 Å². The van der Waals surface area contributed by atoms with Crippen LogP contribution in [0.4, 0.5) is 0 Å². The van der Waals surface area contributed by atoms with Gasteiger partial charge in [0.15, 0.2) is 6.04 Å². The Morgan fingerprint density at radius 2 is 1.11 bits per heavy atom. The van der Waals surface area contributed by atoms with E-state index in [-0.39, 0.29) is 19.4 Å². The van der Waals surface area contributed by atoms with E-state index >= 15 is 0 Å². The van der Waals surface area contributed by atoms with E-state index in [1.54, 1.807) is 0 Å². The molecule has 0 saturated carbocycles. The Morgan fingerprint density at radius 3 is 1.58 bits per heavy atom. The summed E-state index contributed by atoms with van der Waals surface area (Å²) in [6, 6.07) is -10.9. The summed E-state index contributed by atoms with van der Waals surface area (Å²) in [7, 11) is 0. The number of hydrogen-bond donors (Lipinski definition) is 14. The van der Waals surface area contributed by atoms with Gasteiger partial charge in [0.25, 0.3) is 0 Å². The summed E-state index contributed by atoms with van der Waals surface area (Å²) in [5.41, 5.74) is 21.3. The van der Waals surface area contributed by atoms with Crippen LogP contribution < -0.4 is 54.8 Å². The van der Waals surface area contributed by atoms with Crippen LogP contribution in [0.2, 0.25) is 0 Å². The molecule has 0 spiro atoms. The van der Waals surface area contributed by atoms with Crippen molar-refractivity contribution in [2.75, 3.05) is 12.3 Å². The molecule has 0 rings (SSSR count). The highest BCUT2D eigenvalue weighted by molar-refractivity contribution is 7.80. The second-order valence-corrected chi connectivity index (χ2v) is 12.3. The lowest BCUT2D eigenvalue weighted by Crippen LogP contribution is -2.60. The fourth-order valence-electron chi connectivity index (χ4n) is 4.35. The zero-order valence-corrected chi connectivity index (χ0v) is 30.1. The summed E-state index contributed by atoms with van der Waals surface area (Å²) in [5, 5.41) is 41.7. The predicted octanol–water partition coefficient (Wildman–Crippen LogP) is -6.62. The Balaban J connectivity index is 6.02. The standard InChI is InChI=1S/C29H50N10O13S/c1-12(34-24(46)14(31)9-20(33)42)23(45)37-17(10-21(43)44)27(49)38-18(11-53)28(50)36-16(6-7-19(32)41)25(47)35-15(5-3-4-8-30)26(48)39-22(13(2)40)29(51)52/h12-18,22,40,53H,3-11,30-31H2,1-2H3,(H2,32,41)(H2,33,42)(H,34,46)(H,35,47)(H,36,50)(H,37,45)(H,38,49)(H,39,48)(H,43,44)(H,51,52). The number of amides is 8. The van der Waals surface area contributed by atoms with Crippen LogP contribution in [0.1, 0.15) is 58.8 Å². The molecule has 53 heavy (non-hydrogen) atoms.